The van der Waals surface area contributed by atoms with Gasteiger partial charge in [-0.3, -0.25) is 9.59 Å². The van der Waals surface area contributed by atoms with Gasteiger partial charge in [0.25, 0.3) is 11.7 Å². The molecule has 0 aliphatic carbocycles. The van der Waals surface area contributed by atoms with Crippen LogP contribution < -0.4 is 4.90 Å². The van der Waals surface area contributed by atoms with Gasteiger partial charge in [-0.1, -0.05) is 42.5 Å². The van der Waals surface area contributed by atoms with Crippen LogP contribution >= 0.6 is 0 Å². The first-order chi connectivity index (χ1) is 14.5. The van der Waals surface area contributed by atoms with Crippen LogP contribution in [0, 0.1) is 0 Å². The highest BCUT2D eigenvalue weighted by Crippen LogP contribution is 2.40. The second-order valence-corrected chi connectivity index (χ2v) is 7.36. The van der Waals surface area contributed by atoms with Gasteiger partial charge in [0.05, 0.1) is 24.4 Å². The van der Waals surface area contributed by atoms with E-state index in [2.05, 4.69) is 0 Å². The lowest BCUT2D eigenvalue weighted by Crippen LogP contribution is -2.29. The molecule has 0 unspecified atom stereocenters. The van der Waals surface area contributed by atoms with Gasteiger partial charge in [0, 0.05) is 25.3 Å². The van der Waals surface area contributed by atoms with Gasteiger partial charge in [-0.05, 0) is 29.8 Å². The number of rotatable bonds is 5. The summed E-state index contributed by atoms with van der Waals surface area (Å²) in [5.74, 6) is -0.987. The highest BCUT2D eigenvalue weighted by molar-refractivity contribution is 6.46. The molecule has 30 heavy (non-hydrogen) atoms. The smallest absolute Gasteiger partial charge is 0.296 e. The monoisotopic (exact) mass is 402 g/mol. The third kappa shape index (κ3) is 3.48. The molecule has 6 heteroatoms. The lowest BCUT2D eigenvalue weighted by atomic mass is 9.95. The number of carbonyl (C=O) groups is 2. The third-order valence-electron chi connectivity index (χ3n) is 5.22. The van der Waals surface area contributed by atoms with E-state index in [9.17, 15) is 14.7 Å². The van der Waals surface area contributed by atoms with E-state index >= 15 is 0 Å². The molecular formula is C24H22N2O4. The minimum Gasteiger partial charge on any atom is -0.507 e. The molecule has 4 rings (SSSR count). The van der Waals surface area contributed by atoms with E-state index in [1.54, 1.807) is 36.4 Å². The van der Waals surface area contributed by atoms with Crippen molar-refractivity contribution in [3.63, 3.8) is 0 Å². The van der Waals surface area contributed by atoms with Crippen molar-refractivity contribution in [1.82, 2.24) is 4.90 Å². The van der Waals surface area contributed by atoms with Crippen LogP contribution in [0.25, 0.3) is 5.76 Å². The molecule has 0 spiro atoms. The number of benzene rings is 2. The Morgan fingerprint density at radius 1 is 1.00 bits per heavy atom. The molecule has 1 aromatic heterocycles. The van der Waals surface area contributed by atoms with Crippen LogP contribution in [-0.2, 0) is 16.1 Å². The van der Waals surface area contributed by atoms with Crippen molar-refractivity contribution < 1.29 is 19.1 Å². The number of furan rings is 1. The molecule has 1 N–H and O–H groups in total. The van der Waals surface area contributed by atoms with Gasteiger partial charge in [0.2, 0.25) is 0 Å². The molecule has 1 aliphatic heterocycles. The van der Waals surface area contributed by atoms with Gasteiger partial charge < -0.3 is 19.3 Å². The maximum absolute atomic E-state index is 13.0. The van der Waals surface area contributed by atoms with Gasteiger partial charge in [0.15, 0.2) is 0 Å². The summed E-state index contributed by atoms with van der Waals surface area (Å²) < 4.78 is 5.40. The van der Waals surface area contributed by atoms with Crippen molar-refractivity contribution in [2.45, 2.75) is 12.6 Å². The number of carbonyl (C=O) groups excluding carboxylic acids is 2. The molecule has 1 atom stereocenters. The van der Waals surface area contributed by atoms with Crippen LogP contribution in [0.15, 0.2) is 83.0 Å². The van der Waals surface area contributed by atoms with Crippen molar-refractivity contribution in [3.8, 4) is 0 Å². The SMILES string of the molecule is CN(C)c1ccc([C@@H]2/C(=C(\O)c3ccccc3)C(=O)C(=O)N2Cc2ccco2)cc1. The number of likely N-dealkylation sites (tertiary alicyclic amines) is 1. The highest BCUT2D eigenvalue weighted by atomic mass is 16.3. The predicted octanol–water partition coefficient (Wildman–Crippen LogP) is 3.97. The molecule has 1 amide bonds. The summed E-state index contributed by atoms with van der Waals surface area (Å²) in [6, 6.07) is 19.1. The molecule has 3 aromatic rings. The first kappa shape index (κ1) is 19.5. The van der Waals surface area contributed by atoms with E-state index in [0.717, 1.165) is 11.3 Å². The molecular weight excluding hydrogens is 380 g/mol. The Bertz CT molecular complexity index is 1080. The topological polar surface area (TPSA) is 74.0 Å². The lowest BCUT2D eigenvalue weighted by Gasteiger charge is -2.25. The van der Waals surface area contributed by atoms with Crippen LogP contribution in [0.4, 0.5) is 5.69 Å². The summed E-state index contributed by atoms with van der Waals surface area (Å²) in [6.07, 6.45) is 1.52. The average molecular weight is 402 g/mol. The minimum absolute atomic E-state index is 0.0790. The van der Waals surface area contributed by atoms with Gasteiger partial charge in [-0.15, -0.1) is 0 Å². The largest absolute Gasteiger partial charge is 0.507 e. The Morgan fingerprint density at radius 3 is 2.30 bits per heavy atom. The summed E-state index contributed by atoms with van der Waals surface area (Å²) in [7, 11) is 3.88. The van der Waals surface area contributed by atoms with E-state index in [-0.39, 0.29) is 17.9 Å². The van der Waals surface area contributed by atoms with E-state index < -0.39 is 17.7 Å². The summed E-state index contributed by atoms with van der Waals surface area (Å²) in [6.45, 7) is 0.128. The van der Waals surface area contributed by atoms with E-state index in [1.165, 1.54) is 11.2 Å². The van der Waals surface area contributed by atoms with Crippen LogP contribution in [0.5, 0.6) is 0 Å². The molecule has 0 saturated carbocycles. The van der Waals surface area contributed by atoms with Gasteiger partial charge in [0.1, 0.15) is 11.5 Å². The minimum atomic E-state index is -0.716. The van der Waals surface area contributed by atoms with Crippen LogP contribution in [-0.4, -0.2) is 35.8 Å². The highest BCUT2D eigenvalue weighted by Gasteiger charge is 2.46. The summed E-state index contributed by atoms with van der Waals surface area (Å²) in [5, 5.41) is 11.0. The molecule has 1 saturated heterocycles. The van der Waals surface area contributed by atoms with E-state index in [1.807, 2.05) is 49.3 Å². The molecule has 2 aromatic carbocycles. The van der Waals surface area contributed by atoms with Crippen LogP contribution in [0.3, 0.4) is 0 Å². The van der Waals surface area contributed by atoms with Gasteiger partial charge in [-0.25, -0.2) is 0 Å². The zero-order valence-electron chi connectivity index (χ0n) is 16.8. The molecule has 152 valence electrons. The van der Waals surface area contributed by atoms with E-state index in [4.69, 9.17) is 4.42 Å². The first-order valence-corrected chi connectivity index (χ1v) is 9.61. The zero-order valence-corrected chi connectivity index (χ0v) is 16.8. The Labute approximate surface area is 174 Å². The van der Waals surface area contributed by atoms with Crippen molar-refractivity contribution in [3.05, 3.63) is 95.5 Å². The standard InChI is InChI=1S/C24H22N2O4/c1-25(2)18-12-10-16(11-13-18)21-20(22(27)17-7-4-3-5-8-17)23(28)24(29)26(21)15-19-9-6-14-30-19/h3-14,21,27H,15H2,1-2H3/b22-20+/t21-/m1/s1. The van der Waals surface area contributed by atoms with Crippen LogP contribution in [0.1, 0.15) is 22.9 Å². The van der Waals surface area contributed by atoms with Crippen LogP contribution in [0.2, 0.25) is 0 Å². The average Bonchev–Trinajstić information content (AvgIpc) is 3.36. The number of anilines is 1. The second-order valence-electron chi connectivity index (χ2n) is 7.36. The van der Waals surface area contributed by atoms with E-state index in [0.29, 0.717) is 11.3 Å². The van der Waals surface area contributed by atoms with Gasteiger partial charge >= 0.3 is 0 Å². The summed E-state index contributed by atoms with van der Waals surface area (Å²) in [4.78, 5) is 29.3. The maximum atomic E-state index is 13.0. The first-order valence-electron chi connectivity index (χ1n) is 9.61. The van der Waals surface area contributed by atoms with Crippen molar-refractivity contribution >= 4 is 23.1 Å². The lowest BCUT2D eigenvalue weighted by molar-refractivity contribution is -0.140. The summed E-state index contributed by atoms with van der Waals surface area (Å²) >= 11 is 0. The quantitative estimate of drug-likeness (QED) is 0.397. The fourth-order valence-corrected chi connectivity index (χ4v) is 3.67. The number of amides is 1. The van der Waals surface area contributed by atoms with Gasteiger partial charge in [-0.2, -0.15) is 0 Å². The fourth-order valence-electron chi connectivity index (χ4n) is 3.67. The normalized spacial score (nSPS) is 18.1. The van der Waals surface area contributed by atoms with Crippen molar-refractivity contribution in [1.29, 1.82) is 0 Å². The second kappa shape index (κ2) is 7.91. The predicted molar refractivity (Wildman–Crippen MR) is 114 cm³/mol. The third-order valence-corrected chi connectivity index (χ3v) is 5.22. The molecule has 0 radical (unpaired) electrons. The Morgan fingerprint density at radius 2 is 1.70 bits per heavy atom. The summed E-state index contributed by atoms with van der Waals surface area (Å²) in [5.41, 5.74) is 2.30. The zero-order chi connectivity index (χ0) is 21.3. The number of hydrogen-bond donors (Lipinski definition) is 1. The van der Waals surface area contributed by atoms with Crippen molar-refractivity contribution in [2.75, 3.05) is 19.0 Å². The molecule has 1 aliphatic rings. The van der Waals surface area contributed by atoms with Crippen molar-refractivity contribution in [2.24, 2.45) is 0 Å². The fraction of sp³-hybridized carbons (Fsp3) is 0.167. The number of aliphatic hydroxyl groups excluding tert-OH is 1. The Balaban J connectivity index is 1.85. The number of aliphatic hydroxyl groups is 1. The molecule has 0 bridgehead atoms. The number of Topliss-reactive ketones (excluding diaryl/α,β-unsaturated/α-hetero) is 1. The number of hydrogen-bond acceptors (Lipinski definition) is 5. The molecule has 2 heterocycles. The Kier molecular flexibility index (Phi) is 5.14. The Hall–Kier alpha value is -3.80. The molecule has 6 nitrogen and oxygen atoms in total. The maximum Gasteiger partial charge on any atom is 0.296 e. The number of nitrogens with zero attached hydrogens (tertiary/aromatic N) is 2. The number of ketones is 1. The molecule has 1 fully saturated rings.